The van der Waals surface area contributed by atoms with E-state index >= 15 is 0 Å². The standard InChI is InChI=1S/C27H27N7O4S.C25H25N7O3S.C17H19N7OS/c1-18(35)38-25(19-9-3-2-4-10-19)26(37)29-22-15-14-20(31-32-22)11-5-6-13-24-33-34-27(39-24)30-23(36)17-21-12-7-8-16-28-21;33-21(16-19-11-6-7-15-26-19)28-25-32-31-22(36-25)12-5-4-10-18-13-14-20(30-29-18)27-24(35)23(34)17-8-2-1-3-9-17;18-14-9-8-12(21-22-14)5-1-2-7-16-23-24-17(26-16)20-15(25)11-13-6-3-4-10-19-13/h2-4,7-10,12,14-16,25H,5-6,11,13,17H2,1H3,(H,29,32,37)(H,30,34,36);1-3,6-9,11,13-15,23,34H,4-5,10,12,16H2,(H,27,30,35)(H,28,32,33);3-4,6,8-10H,1-2,5,7,11H2,(H2,18,22)(H,20,24,25). The van der Waals surface area contributed by atoms with Crippen molar-refractivity contribution in [3.05, 3.63) is 231 Å². The van der Waals surface area contributed by atoms with E-state index < -0.39 is 30.0 Å². The number of unbranched alkanes of at least 4 members (excludes halogenated alkanes) is 3. The number of aromatic nitrogens is 15. The van der Waals surface area contributed by atoms with Gasteiger partial charge in [-0.05, 0) is 136 Å². The number of nitrogens with two attached hydrogens (primary N) is 1. The van der Waals surface area contributed by atoms with E-state index in [2.05, 4.69) is 103 Å². The number of nitrogens with one attached hydrogen (secondary N) is 5. The molecule has 101 heavy (non-hydrogen) atoms. The molecule has 5 amide bonds. The molecule has 29 nitrogen and oxygen atoms in total. The molecular formula is C69H71N21O8S3. The number of benzene rings is 2. The summed E-state index contributed by atoms with van der Waals surface area (Å²) in [5.74, 6) is -1.16. The Morgan fingerprint density at radius 3 is 1.11 bits per heavy atom. The number of ether oxygens (including phenoxy) is 1. The van der Waals surface area contributed by atoms with Gasteiger partial charge in [-0.1, -0.05) is 113 Å². The lowest BCUT2D eigenvalue weighted by atomic mass is 10.1. The van der Waals surface area contributed by atoms with Crippen molar-refractivity contribution >= 4 is 102 Å². The van der Waals surface area contributed by atoms with Crippen LogP contribution in [0.2, 0.25) is 0 Å². The Hall–Kier alpha value is -11.6. The molecule has 2 atom stereocenters. The molecule has 0 fully saturated rings. The third-order valence-electron chi connectivity index (χ3n) is 14.2. The van der Waals surface area contributed by atoms with Crippen LogP contribution in [0.15, 0.2) is 170 Å². The second-order valence-corrected chi connectivity index (χ2v) is 25.4. The summed E-state index contributed by atoms with van der Waals surface area (Å²) in [5, 5.41) is 76.6. The summed E-state index contributed by atoms with van der Waals surface area (Å²) >= 11 is 4.12. The maximum Gasteiger partial charge on any atom is 0.303 e. The molecule has 0 radical (unpaired) electrons. The fraction of sp³-hybridized carbons (Fsp3) is 0.261. The minimum absolute atomic E-state index is 0.145. The molecule has 32 heteroatoms. The second-order valence-electron chi connectivity index (χ2n) is 22.2. The van der Waals surface area contributed by atoms with Crippen LogP contribution in [0, 0.1) is 0 Å². The lowest BCUT2D eigenvalue weighted by Gasteiger charge is -2.16. The van der Waals surface area contributed by atoms with E-state index in [1.165, 1.54) is 40.9 Å². The van der Waals surface area contributed by atoms with Crippen molar-refractivity contribution < 1.29 is 38.6 Å². The van der Waals surface area contributed by atoms with Crippen LogP contribution >= 0.6 is 34.0 Å². The van der Waals surface area contributed by atoms with Gasteiger partial charge in [-0.25, -0.2) is 0 Å². The zero-order valence-corrected chi connectivity index (χ0v) is 57.2. The number of carbonyl (C=O) groups excluding carboxylic acids is 6. The van der Waals surface area contributed by atoms with Crippen molar-refractivity contribution in [1.82, 2.24) is 76.1 Å². The summed E-state index contributed by atoms with van der Waals surface area (Å²) in [7, 11) is 0. The molecule has 0 bridgehead atoms. The van der Waals surface area contributed by atoms with Gasteiger partial charge >= 0.3 is 5.97 Å². The fourth-order valence-electron chi connectivity index (χ4n) is 9.32. The van der Waals surface area contributed by atoms with Crippen LogP contribution in [0.4, 0.5) is 32.8 Å². The van der Waals surface area contributed by atoms with Crippen LogP contribution < -0.4 is 32.3 Å². The van der Waals surface area contributed by atoms with Crippen LogP contribution in [0.3, 0.4) is 0 Å². The number of nitrogens with zero attached hydrogens (tertiary/aromatic N) is 15. The van der Waals surface area contributed by atoms with Gasteiger partial charge in [-0.15, -0.1) is 45.9 Å². The molecule has 2 unspecified atom stereocenters. The number of hydrogen-bond donors (Lipinski definition) is 7. The molecule has 0 spiro atoms. The van der Waals surface area contributed by atoms with Crippen molar-refractivity contribution in [2.24, 2.45) is 0 Å². The van der Waals surface area contributed by atoms with E-state index in [1.807, 2.05) is 48.5 Å². The first-order valence-electron chi connectivity index (χ1n) is 32.1. The Balaban J connectivity index is 0.000000180. The number of pyridine rings is 3. The summed E-state index contributed by atoms with van der Waals surface area (Å²) in [6.45, 7) is 1.25. The summed E-state index contributed by atoms with van der Waals surface area (Å²) in [5.41, 5.74) is 11.2. The zero-order valence-electron chi connectivity index (χ0n) is 54.7. The maximum absolute atomic E-state index is 12.7. The average molecular weight is 1420 g/mol. The third-order valence-corrected chi connectivity index (χ3v) is 16.9. The largest absolute Gasteiger partial charge is 0.447 e. The average Bonchev–Trinajstić information content (AvgIpc) is 1.42. The highest BCUT2D eigenvalue weighted by Crippen LogP contribution is 2.24. The Kier molecular flexibility index (Phi) is 28.9. The number of aliphatic hydroxyl groups is 1. The van der Waals surface area contributed by atoms with Crippen LogP contribution in [0.25, 0.3) is 0 Å². The zero-order chi connectivity index (χ0) is 70.8. The first kappa shape index (κ1) is 73.6. The molecule has 0 aliphatic carbocycles. The molecular weight excluding hydrogens is 1350 g/mol. The van der Waals surface area contributed by atoms with Gasteiger partial charge in [0.25, 0.3) is 11.8 Å². The van der Waals surface area contributed by atoms with E-state index in [1.54, 1.807) is 122 Å². The molecule has 2 aromatic carbocycles. The van der Waals surface area contributed by atoms with Gasteiger partial charge in [0.1, 0.15) is 20.8 Å². The van der Waals surface area contributed by atoms with Gasteiger partial charge in [-0.3, -0.25) is 43.7 Å². The molecule has 518 valence electrons. The monoisotopic (exact) mass is 1420 g/mol. The summed E-state index contributed by atoms with van der Waals surface area (Å²) in [6, 6.07) is 44.4. The van der Waals surface area contributed by atoms with Crippen LogP contribution in [0.1, 0.15) is 118 Å². The Morgan fingerprint density at radius 1 is 0.386 bits per heavy atom. The molecule has 11 aromatic rings. The summed E-state index contributed by atoms with van der Waals surface area (Å²) in [4.78, 5) is 85.2. The van der Waals surface area contributed by atoms with Gasteiger partial charge in [0, 0.05) is 67.4 Å². The van der Waals surface area contributed by atoms with Crippen molar-refractivity contribution in [2.75, 3.05) is 32.3 Å². The van der Waals surface area contributed by atoms with Gasteiger partial charge in [0.05, 0.1) is 36.3 Å². The predicted octanol–water partition coefficient (Wildman–Crippen LogP) is 8.91. The van der Waals surface area contributed by atoms with Crippen molar-refractivity contribution in [3.63, 3.8) is 0 Å². The van der Waals surface area contributed by atoms with Gasteiger partial charge in [0.2, 0.25) is 39.2 Å². The highest BCUT2D eigenvalue weighted by Gasteiger charge is 2.25. The lowest BCUT2D eigenvalue weighted by Crippen LogP contribution is -2.25. The van der Waals surface area contributed by atoms with Crippen molar-refractivity contribution in [1.29, 1.82) is 0 Å². The topological polar surface area (TPSA) is 411 Å². The van der Waals surface area contributed by atoms with Gasteiger partial charge < -0.3 is 42.2 Å². The number of rotatable bonds is 31. The number of aliphatic hydroxyl groups excluding tert-OH is 1. The maximum atomic E-state index is 12.7. The number of nitrogen functional groups attached to an aromatic ring is 1. The second kappa shape index (κ2) is 39.7. The van der Waals surface area contributed by atoms with Crippen LogP contribution in [-0.4, -0.2) is 117 Å². The Labute approximate surface area is 592 Å². The normalized spacial score (nSPS) is 11.3. The van der Waals surface area contributed by atoms with Gasteiger partial charge in [0.15, 0.2) is 17.7 Å². The van der Waals surface area contributed by atoms with Gasteiger partial charge in [-0.2, -0.15) is 15.3 Å². The molecule has 11 rings (SSSR count). The SMILES string of the molecule is CC(=O)OC(C(=O)Nc1ccc(CCCCc2nnc(NC(=O)Cc3ccccn3)s2)nn1)c1ccccc1.Nc1ccc(CCCCc2nnc(NC(=O)Cc3ccccn3)s2)nn1.O=C(Cc1ccccn1)Nc1nnc(CCCCc2ccc(NC(=O)C(O)c3ccccc3)nn2)s1. The quantitative estimate of drug-likeness (QED) is 0.0157. The summed E-state index contributed by atoms with van der Waals surface area (Å²) < 4.78 is 5.21. The van der Waals surface area contributed by atoms with Crippen molar-refractivity contribution in [2.45, 2.75) is 115 Å². The lowest BCUT2D eigenvalue weighted by molar-refractivity contribution is -0.152. The number of aryl methyl sites for hydroxylation is 6. The first-order chi connectivity index (χ1) is 49.2. The minimum atomic E-state index is -1.28. The minimum Gasteiger partial charge on any atom is -0.447 e. The molecule has 0 saturated heterocycles. The predicted molar refractivity (Wildman–Crippen MR) is 379 cm³/mol. The van der Waals surface area contributed by atoms with E-state index in [9.17, 15) is 33.9 Å². The fourth-order valence-corrected chi connectivity index (χ4v) is 11.7. The molecule has 0 aliphatic rings. The Morgan fingerprint density at radius 2 is 0.752 bits per heavy atom. The molecule has 0 saturated carbocycles. The van der Waals surface area contributed by atoms with Crippen LogP contribution in [-0.2, 0) is 91.3 Å². The summed E-state index contributed by atoms with van der Waals surface area (Å²) in [6.07, 6.45) is 13.1. The van der Waals surface area contributed by atoms with Crippen LogP contribution in [0.5, 0.6) is 0 Å². The highest BCUT2D eigenvalue weighted by molar-refractivity contribution is 7.16. The molecule has 9 aromatic heterocycles. The number of amides is 5. The van der Waals surface area contributed by atoms with E-state index in [-0.39, 0.29) is 48.6 Å². The first-order valence-corrected chi connectivity index (χ1v) is 34.5. The smallest absolute Gasteiger partial charge is 0.303 e. The third kappa shape index (κ3) is 26.3. The number of carbonyl (C=O) groups is 6. The Bertz CT molecular complexity index is 4360. The van der Waals surface area contributed by atoms with E-state index in [0.717, 1.165) is 108 Å². The highest BCUT2D eigenvalue weighted by atomic mass is 32.1. The molecule has 8 N–H and O–H groups in total. The number of hydrogen-bond acceptors (Lipinski definition) is 27. The van der Waals surface area contributed by atoms with E-state index in [4.69, 9.17) is 10.5 Å². The number of esters is 1. The molecule has 0 aliphatic heterocycles. The van der Waals surface area contributed by atoms with E-state index in [0.29, 0.717) is 50.1 Å². The molecule has 9 heterocycles. The van der Waals surface area contributed by atoms with Crippen molar-refractivity contribution in [3.8, 4) is 0 Å². The number of anilines is 6.